The van der Waals surface area contributed by atoms with Crippen molar-refractivity contribution >= 4 is 0 Å². The average molecular weight is 271 g/mol. The Bertz CT molecular complexity index is 544. The summed E-state index contributed by atoms with van der Waals surface area (Å²) in [6.45, 7) is 3.94. The highest BCUT2D eigenvalue weighted by Gasteiger charge is 2.15. The second-order valence-electron chi connectivity index (χ2n) is 5.36. The first kappa shape index (κ1) is 13.2. The highest BCUT2D eigenvalue weighted by Crippen LogP contribution is 2.17. The standard InChI is InChI=1S/C16H21N3O/c1-18-15(12-19-9-5-6-10-19)11-16(17-18)20-13-14-7-3-2-4-8-14/h2-4,7-8,11H,5-6,9-10,12-13H2,1H3. The third kappa shape index (κ3) is 3.20. The summed E-state index contributed by atoms with van der Waals surface area (Å²) in [5, 5.41) is 4.44. The summed E-state index contributed by atoms with van der Waals surface area (Å²) in [6.07, 6.45) is 2.63. The van der Waals surface area contributed by atoms with E-state index in [1.54, 1.807) is 0 Å². The minimum absolute atomic E-state index is 0.570. The average Bonchev–Trinajstić information content (AvgIpc) is 3.09. The molecule has 2 aromatic rings. The Hall–Kier alpha value is -1.81. The van der Waals surface area contributed by atoms with Gasteiger partial charge in [-0.3, -0.25) is 9.58 Å². The maximum atomic E-state index is 5.77. The van der Waals surface area contributed by atoms with Crippen molar-refractivity contribution < 1.29 is 4.74 Å². The van der Waals surface area contributed by atoms with Crippen molar-refractivity contribution in [2.75, 3.05) is 13.1 Å². The van der Waals surface area contributed by atoms with Gasteiger partial charge in [-0.2, -0.15) is 0 Å². The molecule has 4 heteroatoms. The molecule has 1 aromatic heterocycles. The van der Waals surface area contributed by atoms with Gasteiger partial charge in [-0.05, 0) is 31.5 Å². The van der Waals surface area contributed by atoms with Crippen LogP contribution in [-0.2, 0) is 20.2 Å². The molecule has 1 aliphatic heterocycles. The molecule has 2 heterocycles. The number of hydrogen-bond acceptors (Lipinski definition) is 3. The van der Waals surface area contributed by atoms with Crippen molar-refractivity contribution in [3.63, 3.8) is 0 Å². The fourth-order valence-electron chi connectivity index (χ4n) is 2.60. The topological polar surface area (TPSA) is 30.3 Å². The first-order valence-electron chi connectivity index (χ1n) is 7.23. The van der Waals surface area contributed by atoms with Gasteiger partial charge < -0.3 is 4.74 Å². The smallest absolute Gasteiger partial charge is 0.233 e. The first-order chi connectivity index (χ1) is 9.81. The molecule has 3 rings (SSSR count). The Morgan fingerprint density at radius 1 is 1.15 bits per heavy atom. The van der Waals surface area contributed by atoms with E-state index in [-0.39, 0.29) is 0 Å². The van der Waals surface area contributed by atoms with Crippen LogP contribution < -0.4 is 4.74 Å². The SMILES string of the molecule is Cn1nc(OCc2ccccc2)cc1CN1CCCC1. The molecule has 1 saturated heterocycles. The zero-order valence-corrected chi connectivity index (χ0v) is 12.0. The molecule has 0 radical (unpaired) electrons. The van der Waals surface area contributed by atoms with Crippen LogP contribution in [0.2, 0.25) is 0 Å². The van der Waals surface area contributed by atoms with Crippen LogP contribution in [0.4, 0.5) is 0 Å². The molecular weight excluding hydrogens is 250 g/mol. The van der Waals surface area contributed by atoms with Gasteiger partial charge in [0.05, 0.1) is 5.69 Å². The number of nitrogens with zero attached hydrogens (tertiary/aromatic N) is 3. The van der Waals surface area contributed by atoms with E-state index in [0.29, 0.717) is 12.5 Å². The van der Waals surface area contributed by atoms with Crippen LogP contribution in [0.15, 0.2) is 36.4 Å². The number of aryl methyl sites for hydroxylation is 1. The lowest BCUT2D eigenvalue weighted by atomic mass is 10.2. The number of benzene rings is 1. The highest BCUT2D eigenvalue weighted by molar-refractivity contribution is 5.18. The fourth-order valence-corrected chi connectivity index (χ4v) is 2.60. The van der Waals surface area contributed by atoms with Gasteiger partial charge in [0.25, 0.3) is 0 Å². The predicted octanol–water partition coefficient (Wildman–Crippen LogP) is 2.59. The molecule has 0 saturated carbocycles. The molecule has 0 spiro atoms. The van der Waals surface area contributed by atoms with Gasteiger partial charge in [-0.25, -0.2) is 0 Å². The molecular formula is C16H21N3O. The van der Waals surface area contributed by atoms with Crippen LogP contribution in [0.5, 0.6) is 5.88 Å². The van der Waals surface area contributed by atoms with E-state index in [0.717, 1.165) is 6.54 Å². The Morgan fingerprint density at radius 2 is 1.90 bits per heavy atom. The summed E-state index contributed by atoms with van der Waals surface area (Å²) < 4.78 is 7.70. The van der Waals surface area contributed by atoms with Gasteiger partial charge in [0.2, 0.25) is 5.88 Å². The molecule has 1 aromatic carbocycles. The van der Waals surface area contributed by atoms with Crippen LogP contribution in [0, 0.1) is 0 Å². The summed E-state index contributed by atoms with van der Waals surface area (Å²) >= 11 is 0. The van der Waals surface area contributed by atoms with Gasteiger partial charge in [0.15, 0.2) is 0 Å². The zero-order chi connectivity index (χ0) is 13.8. The van der Waals surface area contributed by atoms with Gasteiger partial charge in [0.1, 0.15) is 6.61 Å². The highest BCUT2D eigenvalue weighted by atomic mass is 16.5. The van der Waals surface area contributed by atoms with E-state index in [9.17, 15) is 0 Å². The van der Waals surface area contributed by atoms with Crippen molar-refractivity contribution in [2.45, 2.75) is 26.0 Å². The van der Waals surface area contributed by atoms with Gasteiger partial charge in [0, 0.05) is 19.7 Å². The minimum Gasteiger partial charge on any atom is -0.472 e. The molecule has 1 aliphatic rings. The zero-order valence-electron chi connectivity index (χ0n) is 12.0. The van der Waals surface area contributed by atoms with Crippen LogP contribution in [0.1, 0.15) is 24.1 Å². The summed E-state index contributed by atoms with van der Waals surface area (Å²) in [4.78, 5) is 2.47. The van der Waals surface area contributed by atoms with Crippen LogP contribution in [0.3, 0.4) is 0 Å². The van der Waals surface area contributed by atoms with Gasteiger partial charge in [-0.1, -0.05) is 30.3 Å². The van der Waals surface area contributed by atoms with Gasteiger partial charge in [-0.15, -0.1) is 5.10 Å². The van der Waals surface area contributed by atoms with Crippen LogP contribution in [-0.4, -0.2) is 27.8 Å². The number of rotatable bonds is 5. The largest absolute Gasteiger partial charge is 0.472 e. The van der Waals surface area contributed by atoms with E-state index in [4.69, 9.17) is 4.74 Å². The monoisotopic (exact) mass is 271 g/mol. The first-order valence-corrected chi connectivity index (χ1v) is 7.23. The summed E-state index contributed by atoms with van der Waals surface area (Å²) in [6, 6.07) is 12.2. The molecule has 0 aliphatic carbocycles. The molecule has 0 atom stereocenters. The Labute approximate surface area is 120 Å². The van der Waals surface area contributed by atoms with Crippen molar-refractivity contribution in [1.29, 1.82) is 0 Å². The molecule has 1 fully saturated rings. The Kier molecular flexibility index (Phi) is 4.02. The number of hydrogen-bond donors (Lipinski definition) is 0. The van der Waals surface area contributed by atoms with Gasteiger partial charge >= 0.3 is 0 Å². The number of aromatic nitrogens is 2. The minimum atomic E-state index is 0.570. The summed E-state index contributed by atoms with van der Waals surface area (Å²) in [5.74, 6) is 0.713. The van der Waals surface area contributed by atoms with Crippen molar-refractivity contribution in [3.8, 4) is 5.88 Å². The van der Waals surface area contributed by atoms with Crippen molar-refractivity contribution in [1.82, 2.24) is 14.7 Å². The van der Waals surface area contributed by atoms with E-state index >= 15 is 0 Å². The molecule has 20 heavy (non-hydrogen) atoms. The third-order valence-corrected chi connectivity index (χ3v) is 3.77. The molecule has 4 nitrogen and oxygen atoms in total. The second-order valence-corrected chi connectivity index (χ2v) is 5.36. The summed E-state index contributed by atoms with van der Waals surface area (Å²) in [5.41, 5.74) is 2.38. The lowest BCUT2D eigenvalue weighted by Gasteiger charge is -2.13. The predicted molar refractivity (Wildman–Crippen MR) is 78.5 cm³/mol. The molecule has 0 amide bonds. The molecule has 0 bridgehead atoms. The van der Waals surface area contributed by atoms with Crippen molar-refractivity contribution in [2.24, 2.45) is 7.05 Å². The van der Waals surface area contributed by atoms with E-state index in [2.05, 4.69) is 28.2 Å². The Balaban J connectivity index is 1.60. The molecule has 0 unspecified atom stereocenters. The van der Waals surface area contributed by atoms with Crippen LogP contribution >= 0.6 is 0 Å². The van der Waals surface area contributed by atoms with Crippen LogP contribution in [0.25, 0.3) is 0 Å². The maximum Gasteiger partial charge on any atom is 0.233 e. The van der Waals surface area contributed by atoms with E-state index in [1.165, 1.54) is 37.2 Å². The lowest BCUT2D eigenvalue weighted by molar-refractivity contribution is 0.290. The van der Waals surface area contributed by atoms with Crippen molar-refractivity contribution in [3.05, 3.63) is 47.7 Å². The third-order valence-electron chi connectivity index (χ3n) is 3.77. The number of ether oxygens (including phenoxy) is 1. The molecule has 106 valence electrons. The molecule has 0 N–H and O–H groups in total. The van der Waals surface area contributed by atoms with E-state index in [1.807, 2.05) is 29.9 Å². The second kappa shape index (κ2) is 6.09. The Morgan fingerprint density at radius 3 is 2.65 bits per heavy atom. The summed E-state index contributed by atoms with van der Waals surface area (Å²) in [7, 11) is 1.99. The number of likely N-dealkylation sites (tertiary alicyclic amines) is 1. The maximum absolute atomic E-state index is 5.77. The quantitative estimate of drug-likeness (QED) is 0.837. The lowest BCUT2D eigenvalue weighted by Crippen LogP contribution is -2.20. The van der Waals surface area contributed by atoms with E-state index < -0.39 is 0 Å². The normalized spacial score (nSPS) is 15.7. The fraction of sp³-hybridized carbons (Fsp3) is 0.438.